The number of hydrogen-bond acceptors (Lipinski definition) is 5. The van der Waals surface area contributed by atoms with Crippen LogP contribution in [-0.2, 0) is 6.42 Å². The van der Waals surface area contributed by atoms with Crippen LogP contribution in [0.5, 0.6) is 0 Å². The van der Waals surface area contributed by atoms with E-state index in [2.05, 4.69) is 16.9 Å². The molecule has 1 aromatic heterocycles. The number of carbonyl (C=O) groups is 1. The minimum Gasteiger partial charge on any atom is -0.478 e. The minimum atomic E-state index is -0.947. The number of thioether (sulfide) groups is 2. The first-order valence-corrected chi connectivity index (χ1v) is 8.05. The fraction of sp³-hybridized carbons (Fsp3) is 0.583. The lowest BCUT2D eigenvalue weighted by Crippen LogP contribution is -2.19. The normalized spacial score (nSPS) is 23.9. The van der Waals surface area contributed by atoms with Crippen LogP contribution >= 0.6 is 23.5 Å². The third-order valence-electron chi connectivity index (χ3n) is 2.89. The van der Waals surface area contributed by atoms with Gasteiger partial charge in [-0.25, -0.2) is 14.8 Å². The van der Waals surface area contributed by atoms with Crippen molar-refractivity contribution in [2.24, 2.45) is 0 Å². The zero-order valence-electron chi connectivity index (χ0n) is 10.4. The number of aromatic carboxylic acids is 1. The molecule has 0 saturated carbocycles. The fourth-order valence-electron chi connectivity index (χ4n) is 1.93. The number of nitrogens with zero attached hydrogens (tertiary/aromatic N) is 2. The van der Waals surface area contributed by atoms with Crippen LogP contribution < -0.4 is 0 Å². The van der Waals surface area contributed by atoms with E-state index in [1.165, 1.54) is 6.20 Å². The van der Waals surface area contributed by atoms with E-state index in [0.717, 1.165) is 17.3 Å². The molecule has 2 atom stereocenters. The van der Waals surface area contributed by atoms with Gasteiger partial charge in [0, 0.05) is 23.0 Å². The Hall–Kier alpha value is -0.750. The summed E-state index contributed by atoms with van der Waals surface area (Å²) in [6, 6.07) is 0. The third-order valence-corrected chi connectivity index (χ3v) is 5.98. The highest BCUT2D eigenvalue weighted by Crippen LogP contribution is 2.40. The van der Waals surface area contributed by atoms with E-state index in [-0.39, 0.29) is 10.8 Å². The molecule has 1 aliphatic heterocycles. The number of carboxylic acids is 1. The van der Waals surface area contributed by atoms with Crippen LogP contribution in [0.4, 0.5) is 0 Å². The average molecular weight is 284 g/mol. The van der Waals surface area contributed by atoms with Crippen LogP contribution in [0.3, 0.4) is 0 Å². The van der Waals surface area contributed by atoms with E-state index < -0.39 is 5.97 Å². The van der Waals surface area contributed by atoms with Crippen molar-refractivity contribution in [3.05, 3.63) is 23.3 Å². The van der Waals surface area contributed by atoms with Crippen LogP contribution in [0.2, 0.25) is 0 Å². The predicted octanol–water partition coefficient (Wildman–Crippen LogP) is 2.65. The second kappa shape index (κ2) is 5.93. The zero-order valence-corrected chi connectivity index (χ0v) is 12.1. The third kappa shape index (κ3) is 2.80. The molecule has 1 fully saturated rings. The van der Waals surface area contributed by atoms with Crippen molar-refractivity contribution in [2.45, 2.75) is 30.8 Å². The molecule has 1 N–H and O–H groups in total. The molecular weight excluding hydrogens is 268 g/mol. The van der Waals surface area contributed by atoms with Crippen LogP contribution in [0.1, 0.15) is 41.0 Å². The largest absolute Gasteiger partial charge is 0.478 e. The molecule has 2 unspecified atom stereocenters. The highest BCUT2D eigenvalue weighted by atomic mass is 32.2. The Labute approximate surface area is 115 Å². The molecule has 0 bridgehead atoms. The Morgan fingerprint density at radius 1 is 1.50 bits per heavy atom. The number of rotatable bonds is 3. The molecule has 1 aromatic rings. The van der Waals surface area contributed by atoms with Crippen molar-refractivity contribution in [2.75, 3.05) is 11.5 Å². The Balaban J connectivity index is 2.31. The molecule has 0 radical (unpaired) electrons. The summed E-state index contributed by atoms with van der Waals surface area (Å²) in [5, 5.41) is 9.81. The summed E-state index contributed by atoms with van der Waals surface area (Å²) in [7, 11) is 0. The molecule has 98 valence electrons. The molecule has 18 heavy (non-hydrogen) atoms. The van der Waals surface area contributed by atoms with Crippen molar-refractivity contribution in [3.8, 4) is 0 Å². The number of carboxylic acid groups (broad SMARTS) is 1. The summed E-state index contributed by atoms with van der Waals surface area (Å²) in [5.41, 5.74) is 0.859. The Bertz CT molecular complexity index is 454. The quantitative estimate of drug-likeness (QED) is 0.920. The molecule has 0 aliphatic carbocycles. The Kier molecular flexibility index (Phi) is 4.50. The first-order valence-electron chi connectivity index (χ1n) is 5.95. The molecule has 6 heteroatoms. The summed E-state index contributed by atoms with van der Waals surface area (Å²) < 4.78 is 0. The Morgan fingerprint density at radius 2 is 2.22 bits per heavy atom. The predicted molar refractivity (Wildman–Crippen MR) is 75.5 cm³/mol. The first-order chi connectivity index (χ1) is 8.63. The summed E-state index contributed by atoms with van der Waals surface area (Å²) in [5.74, 6) is 2.10. The van der Waals surface area contributed by atoms with Gasteiger partial charge in [-0.05, 0) is 6.42 Å². The van der Waals surface area contributed by atoms with Crippen molar-refractivity contribution < 1.29 is 9.90 Å². The van der Waals surface area contributed by atoms with Crippen LogP contribution in [0, 0.1) is 0 Å². The lowest BCUT2D eigenvalue weighted by Gasteiger charge is -2.26. The fourth-order valence-corrected chi connectivity index (χ4v) is 4.63. The highest BCUT2D eigenvalue weighted by Gasteiger charge is 2.27. The van der Waals surface area contributed by atoms with Gasteiger partial charge in [-0.2, -0.15) is 11.8 Å². The molecule has 0 spiro atoms. The minimum absolute atomic E-state index is 0.224. The number of aromatic nitrogens is 2. The van der Waals surface area contributed by atoms with Crippen molar-refractivity contribution in [3.63, 3.8) is 0 Å². The van der Waals surface area contributed by atoms with Crippen molar-refractivity contribution in [1.82, 2.24) is 9.97 Å². The van der Waals surface area contributed by atoms with Crippen LogP contribution in [0.25, 0.3) is 0 Å². The lowest BCUT2D eigenvalue weighted by atomic mass is 10.2. The SMILES string of the molecule is CCc1nc(C2SCCSC2C)ncc1C(=O)O. The molecular formula is C12H16N2O2S2. The van der Waals surface area contributed by atoms with Gasteiger partial charge in [0.1, 0.15) is 5.82 Å². The smallest absolute Gasteiger partial charge is 0.339 e. The molecule has 1 aliphatic rings. The highest BCUT2D eigenvalue weighted by molar-refractivity contribution is 8.06. The second-order valence-electron chi connectivity index (χ2n) is 4.11. The van der Waals surface area contributed by atoms with Crippen LogP contribution in [0.15, 0.2) is 6.20 Å². The summed E-state index contributed by atoms with van der Waals surface area (Å²) in [6.07, 6.45) is 2.08. The first kappa shape index (κ1) is 13.7. The molecule has 1 saturated heterocycles. The van der Waals surface area contributed by atoms with E-state index in [1.807, 2.05) is 30.4 Å². The zero-order chi connectivity index (χ0) is 13.1. The topological polar surface area (TPSA) is 63.1 Å². The van der Waals surface area contributed by atoms with Gasteiger partial charge in [-0.3, -0.25) is 0 Å². The maximum absolute atomic E-state index is 11.0. The number of hydrogen-bond donors (Lipinski definition) is 1. The molecule has 4 nitrogen and oxygen atoms in total. The molecule has 2 rings (SSSR count). The molecule has 2 heterocycles. The second-order valence-corrected chi connectivity index (χ2v) is 6.85. The van der Waals surface area contributed by atoms with Gasteiger partial charge in [0.2, 0.25) is 0 Å². The van der Waals surface area contributed by atoms with E-state index in [1.54, 1.807) is 0 Å². The van der Waals surface area contributed by atoms with Gasteiger partial charge in [-0.15, -0.1) is 11.8 Å². The van der Waals surface area contributed by atoms with E-state index in [0.29, 0.717) is 17.4 Å². The summed E-state index contributed by atoms with van der Waals surface area (Å²) >= 11 is 3.79. The summed E-state index contributed by atoms with van der Waals surface area (Å²) in [6.45, 7) is 4.10. The van der Waals surface area contributed by atoms with E-state index >= 15 is 0 Å². The van der Waals surface area contributed by atoms with Gasteiger partial charge in [0.25, 0.3) is 0 Å². The van der Waals surface area contributed by atoms with E-state index in [9.17, 15) is 4.79 Å². The lowest BCUT2D eigenvalue weighted by molar-refractivity contribution is 0.0694. The maximum Gasteiger partial charge on any atom is 0.339 e. The van der Waals surface area contributed by atoms with E-state index in [4.69, 9.17) is 5.11 Å². The molecule has 0 aromatic carbocycles. The van der Waals surface area contributed by atoms with Crippen molar-refractivity contribution >= 4 is 29.5 Å². The number of aryl methyl sites for hydroxylation is 1. The average Bonchev–Trinajstić information content (AvgIpc) is 2.38. The summed E-state index contributed by atoms with van der Waals surface area (Å²) in [4.78, 5) is 19.8. The van der Waals surface area contributed by atoms with Crippen LogP contribution in [-0.4, -0.2) is 37.8 Å². The monoisotopic (exact) mass is 284 g/mol. The molecule has 0 amide bonds. The Morgan fingerprint density at radius 3 is 2.83 bits per heavy atom. The standard InChI is InChI=1S/C12H16N2O2S2/c1-3-9-8(12(15)16)6-13-11(14-9)10-7(2)17-4-5-18-10/h6-7,10H,3-5H2,1-2H3,(H,15,16). The van der Waals surface area contributed by atoms with Gasteiger partial charge in [-0.1, -0.05) is 13.8 Å². The van der Waals surface area contributed by atoms with Gasteiger partial charge in [0.15, 0.2) is 0 Å². The van der Waals surface area contributed by atoms with Crippen molar-refractivity contribution in [1.29, 1.82) is 0 Å². The van der Waals surface area contributed by atoms with Gasteiger partial charge < -0.3 is 5.11 Å². The van der Waals surface area contributed by atoms with Gasteiger partial charge in [0.05, 0.1) is 16.5 Å². The van der Waals surface area contributed by atoms with Gasteiger partial charge >= 0.3 is 5.97 Å². The maximum atomic E-state index is 11.0.